The van der Waals surface area contributed by atoms with E-state index in [1.807, 2.05) is 65.8 Å². The molecule has 4 unspecified atom stereocenters. The van der Waals surface area contributed by atoms with Crippen LogP contribution in [0.5, 0.6) is 0 Å². The predicted molar refractivity (Wildman–Crippen MR) is 234 cm³/mol. The van der Waals surface area contributed by atoms with Crippen molar-refractivity contribution in [1.29, 1.82) is 0 Å². The number of aromatic nitrogens is 8. The Bertz CT molecular complexity index is 2380. The van der Waals surface area contributed by atoms with Crippen LogP contribution in [0.25, 0.3) is 34.8 Å². The lowest BCUT2D eigenvalue weighted by Crippen LogP contribution is -2.61. The average molecular weight is 845 g/mol. The summed E-state index contributed by atoms with van der Waals surface area (Å²) in [6.45, 7) is 19.4. The summed E-state index contributed by atoms with van der Waals surface area (Å²) in [7, 11) is 0. The smallest absolute Gasteiger partial charge is 0.245 e. The van der Waals surface area contributed by atoms with E-state index in [0.29, 0.717) is 60.9 Å². The second kappa shape index (κ2) is 18.1. The molecule has 0 spiro atoms. The molecule has 2 saturated heterocycles. The number of likely N-dealkylation sites (tertiary alicyclic amines) is 2. The number of amides is 2. The summed E-state index contributed by atoms with van der Waals surface area (Å²) >= 11 is 0. The molecule has 0 bridgehead atoms. The molecule has 0 aliphatic carbocycles. The van der Waals surface area contributed by atoms with Crippen molar-refractivity contribution in [2.45, 2.75) is 92.4 Å². The van der Waals surface area contributed by atoms with Gasteiger partial charge < -0.3 is 30.1 Å². The molecule has 0 radical (unpaired) electrons. The molecular formula is C44H56N14O4. The van der Waals surface area contributed by atoms with Crippen molar-refractivity contribution in [1.82, 2.24) is 59.9 Å². The highest BCUT2D eigenvalue weighted by molar-refractivity contribution is 6.03. The monoisotopic (exact) mass is 844 g/mol. The number of nitrogens with zero attached hydrogens (tertiary/aromatic N) is 10. The van der Waals surface area contributed by atoms with Crippen molar-refractivity contribution in [3.63, 3.8) is 0 Å². The Morgan fingerprint density at radius 1 is 0.629 bits per heavy atom. The summed E-state index contributed by atoms with van der Waals surface area (Å²) in [6, 6.07) is 13.0. The van der Waals surface area contributed by atoms with Crippen molar-refractivity contribution in [3.05, 3.63) is 82.8 Å². The van der Waals surface area contributed by atoms with Gasteiger partial charge in [0.1, 0.15) is 35.2 Å². The van der Waals surface area contributed by atoms with Crippen LogP contribution in [0.3, 0.4) is 0 Å². The van der Waals surface area contributed by atoms with Crippen molar-refractivity contribution in [2.24, 2.45) is 0 Å². The van der Waals surface area contributed by atoms with E-state index in [2.05, 4.69) is 55.1 Å². The van der Waals surface area contributed by atoms with Gasteiger partial charge in [-0.3, -0.25) is 19.4 Å². The average Bonchev–Trinajstić information content (AvgIpc) is 4.10. The fourth-order valence-electron chi connectivity index (χ4n) is 8.67. The molecule has 8 rings (SSSR count). The molecule has 2 fully saturated rings. The fraction of sp³-hybridized carbons (Fsp3) is 0.455. The molecule has 0 saturated carbocycles. The number of furan rings is 2. The summed E-state index contributed by atoms with van der Waals surface area (Å²) in [5, 5.41) is 22.7. The van der Waals surface area contributed by atoms with E-state index in [4.69, 9.17) is 28.8 Å². The first-order valence-electron chi connectivity index (χ1n) is 21.4. The Hall–Kier alpha value is -6.08. The molecule has 8 heterocycles. The molecule has 6 aromatic heterocycles. The van der Waals surface area contributed by atoms with Gasteiger partial charge in [-0.1, -0.05) is 13.8 Å². The third-order valence-corrected chi connectivity index (χ3v) is 11.4. The molecule has 18 heteroatoms. The summed E-state index contributed by atoms with van der Waals surface area (Å²) in [6.07, 6.45) is 1.63. The minimum absolute atomic E-state index is 0.141. The lowest BCUT2D eigenvalue weighted by atomic mass is 10.0. The largest absolute Gasteiger partial charge is 0.458 e. The maximum atomic E-state index is 15.3. The minimum atomic E-state index is -0.940. The molecule has 18 nitrogen and oxygen atoms in total. The molecule has 2 aliphatic rings. The first-order chi connectivity index (χ1) is 29.8. The van der Waals surface area contributed by atoms with Gasteiger partial charge in [0.2, 0.25) is 11.8 Å². The predicted octanol–water partition coefficient (Wildman–Crippen LogP) is 4.69. The molecule has 62 heavy (non-hydrogen) atoms. The normalized spacial score (nSPS) is 18.1. The van der Waals surface area contributed by atoms with Crippen LogP contribution in [0.1, 0.15) is 61.0 Å². The van der Waals surface area contributed by atoms with Crippen LogP contribution < -0.4 is 21.3 Å². The number of nitrogens with one attached hydrogen (secondary N) is 4. The van der Waals surface area contributed by atoms with Crippen LogP contribution in [0.2, 0.25) is 0 Å². The zero-order chi connectivity index (χ0) is 43.7. The Morgan fingerprint density at radius 2 is 1.05 bits per heavy atom. The first-order valence-corrected chi connectivity index (χ1v) is 21.4. The molecule has 4 N–H and O–H groups in total. The topological polar surface area (TPSA) is 202 Å². The second-order valence-corrected chi connectivity index (χ2v) is 16.3. The van der Waals surface area contributed by atoms with E-state index in [1.165, 1.54) is 0 Å². The summed E-state index contributed by atoms with van der Waals surface area (Å²) in [5.74, 6) is 3.52. The Morgan fingerprint density at radius 3 is 1.39 bits per heavy atom. The number of hydrogen-bond acceptors (Lipinski definition) is 14. The molecule has 326 valence electrons. The highest BCUT2D eigenvalue weighted by Gasteiger charge is 2.46. The maximum absolute atomic E-state index is 15.3. The Labute approximate surface area is 360 Å². The SMILES string of the molecule is CCNC1CCN(C(C(=O)Nc2cc(-n3nc(C)cc3C)nc(-c3ccc(C)o3)n2)C(C(=O)Nc2cc(-n3nc(C)cc3C)nc(-c3ccc(C)o3)n2)N2CCC(NCC)C2)C1. The molecular weight excluding hydrogens is 789 g/mol. The number of rotatable bonds is 15. The van der Waals surface area contributed by atoms with Crippen LogP contribution in [-0.2, 0) is 9.59 Å². The van der Waals surface area contributed by atoms with Crippen molar-refractivity contribution < 1.29 is 18.4 Å². The number of likely N-dealkylation sites (N-methyl/N-ethyl adjacent to an activating group) is 2. The number of carbonyl (C=O) groups is 2. The van der Waals surface area contributed by atoms with Crippen LogP contribution in [0, 0.1) is 41.5 Å². The number of carbonyl (C=O) groups excluding carboxylic acids is 2. The minimum Gasteiger partial charge on any atom is -0.458 e. The van der Waals surface area contributed by atoms with E-state index in [0.717, 1.165) is 48.7 Å². The highest BCUT2D eigenvalue weighted by Crippen LogP contribution is 2.28. The van der Waals surface area contributed by atoms with Crippen molar-refractivity contribution in [3.8, 4) is 34.8 Å². The van der Waals surface area contributed by atoms with Crippen molar-refractivity contribution in [2.75, 3.05) is 49.9 Å². The standard InChI is InChI=1S/C44H56N14O4/c1-9-45-31-15-17-55(23-31)39(43(59)49-35-21-37(57-27(5)19-25(3)53-57)51-41(47-35)33-13-11-29(7)61-33)40(56-18-16-32(24-56)46-10-2)44(60)50-36-22-38(58-28(6)20-26(4)54-58)52-42(48-36)34-14-12-30(8)62-34/h11-14,19-22,31-32,39-40,45-46H,9-10,15-18,23-24H2,1-8H3,(H,47,49,51,59)(H,48,50,52,60). The fourth-order valence-corrected chi connectivity index (χ4v) is 8.67. The zero-order valence-corrected chi connectivity index (χ0v) is 36.7. The van der Waals surface area contributed by atoms with Gasteiger partial charge >= 0.3 is 0 Å². The van der Waals surface area contributed by atoms with E-state index < -0.39 is 12.1 Å². The molecule has 6 aromatic rings. The van der Waals surface area contributed by atoms with E-state index in [-0.39, 0.29) is 47.2 Å². The van der Waals surface area contributed by atoms with Crippen LogP contribution in [0.4, 0.5) is 11.6 Å². The molecule has 4 atom stereocenters. The van der Waals surface area contributed by atoms with Gasteiger partial charge in [-0.15, -0.1) is 0 Å². The lowest BCUT2D eigenvalue weighted by molar-refractivity contribution is -0.131. The summed E-state index contributed by atoms with van der Waals surface area (Å²) < 4.78 is 15.3. The maximum Gasteiger partial charge on any atom is 0.245 e. The van der Waals surface area contributed by atoms with Gasteiger partial charge in [-0.05, 0) is 104 Å². The van der Waals surface area contributed by atoms with Gasteiger partial charge in [0.25, 0.3) is 0 Å². The van der Waals surface area contributed by atoms with Crippen LogP contribution in [0.15, 0.2) is 57.4 Å². The highest BCUT2D eigenvalue weighted by atomic mass is 16.3. The molecule has 2 amide bonds. The van der Waals surface area contributed by atoms with Crippen LogP contribution >= 0.6 is 0 Å². The third kappa shape index (κ3) is 9.23. The van der Waals surface area contributed by atoms with E-state index in [1.54, 1.807) is 33.6 Å². The summed E-state index contributed by atoms with van der Waals surface area (Å²) in [5.41, 5.74) is 3.36. The van der Waals surface area contributed by atoms with Crippen molar-refractivity contribution >= 4 is 23.5 Å². The summed E-state index contributed by atoms with van der Waals surface area (Å²) in [4.78, 5) is 54.0. The van der Waals surface area contributed by atoms with E-state index >= 15 is 9.59 Å². The van der Waals surface area contributed by atoms with Crippen LogP contribution in [-0.4, -0.2) is 125 Å². The first kappa shape index (κ1) is 42.6. The Kier molecular flexibility index (Phi) is 12.4. The van der Waals surface area contributed by atoms with Gasteiger partial charge in [-0.2, -0.15) is 10.2 Å². The molecule has 0 aromatic carbocycles. The Balaban J connectivity index is 1.20. The lowest BCUT2D eigenvalue weighted by Gasteiger charge is -2.37. The zero-order valence-electron chi connectivity index (χ0n) is 36.7. The number of anilines is 2. The molecule has 2 aliphatic heterocycles. The second-order valence-electron chi connectivity index (χ2n) is 16.3. The number of aryl methyl sites for hydroxylation is 6. The quantitative estimate of drug-likeness (QED) is 0.111. The third-order valence-electron chi connectivity index (χ3n) is 11.4. The van der Waals surface area contributed by atoms with Gasteiger partial charge in [-0.25, -0.2) is 29.3 Å². The van der Waals surface area contributed by atoms with E-state index in [9.17, 15) is 0 Å². The van der Waals surface area contributed by atoms with Gasteiger partial charge in [0.15, 0.2) is 34.8 Å². The number of hydrogen-bond donors (Lipinski definition) is 4. The van der Waals surface area contributed by atoms with Gasteiger partial charge in [0, 0.05) is 61.8 Å². The van der Waals surface area contributed by atoms with Gasteiger partial charge in [0.05, 0.1) is 11.4 Å².